The Morgan fingerprint density at radius 1 is 1.09 bits per heavy atom. The molecule has 8 heteroatoms. The zero-order valence-electron chi connectivity index (χ0n) is 20.1. The number of aliphatic hydroxyl groups is 1. The number of hydrogen-bond acceptors (Lipinski definition) is 4. The summed E-state index contributed by atoms with van der Waals surface area (Å²) < 4.78 is 27.3. The van der Waals surface area contributed by atoms with E-state index in [0.717, 1.165) is 11.6 Å². The van der Waals surface area contributed by atoms with Crippen molar-refractivity contribution in [1.29, 1.82) is 0 Å². The molecule has 0 radical (unpaired) electrons. The third kappa shape index (κ3) is 6.18. The first-order chi connectivity index (χ1) is 16.0. The first-order valence-corrected chi connectivity index (χ1v) is 11.5. The van der Waals surface area contributed by atoms with E-state index in [4.69, 9.17) is 0 Å². The monoisotopic (exact) mass is 473 g/mol. The van der Waals surface area contributed by atoms with Crippen LogP contribution >= 0.6 is 0 Å². The zero-order chi connectivity index (χ0) is 25.0. The molecule has 2 atom stereocenters. The number of halogens is 2. The molecule has 0 aliphatic carbocycles. The van der Waals surface area contributed by atoms with Gasteiger partial charge in [0, 0.05) is 39.5 Å². The predicted molar refractivity (Wildman–Crippen MR) is 126 cm³/mol. The Morgan fingerprint density at radius 2 is 1.74 bits per heavy atom. The van der Waals surface area contributed by atoms with E-state index in [9.17, 15) is 23.5 Å². The molecule has 1 aliphatic rings. The molecule has 1 fully saturated rings. The van der Waals surface area contributed by atoms with Crippen molar-refractivity contribution in [1.82, 2.24) is 15.5 Å². The number of rotatable bonds is 9. The van der Waals surface area contributed by atoms with Gasteiger partial charge in [0.1, 0.15) is 11.6 Å². The molecule has 0 saturated carbocycles. The molecule has 0 aromatic heterocycles. The number of hydrogen-bond donors (Lipinski definition) is 3. The summed E-state index contributed by atoms with van der Waals surface area (Å²) in [6.07, 6.45) is -0.973. The van der Waals surface area contributed by atoms with Crippen LogP contribution in [0.25, 0.3) is 0 Å². The minimum atomic E-state index is -1.04. The van der Waals surface area contributed by atoms with Crippen LogP contribution in [0, 0.1) is 11.6 Å². The molecule has 0 spiro atoms. The molecule has 1 heterocycles. The first kappa shape index (κ1) is 25.8. The second kappa shape index (κ2) is 10.6. The maximum Gasteiger partial charge on any atom is 0.219 e. The maximum atomic E-state index is 13.6. The number of carbonyl (C=O) groups excluding carboxylic acids is 2. The van der Waals surface area contributed by atoms with E-state index in [2.05, 4.69) is 36.6 Å². The molecule has 3 N–H and O–H groups in total. The van der Waals surface area contributed by atoms with Crippen molar-refractivity contribution < 1.29 is 23.5 Å². The van der Waals surface area contributed by atoms with E-state index in [1.807, 2.05) is 12.1 Å². The number of likely N-dealkylation sites (tertiary alicyclic amines) is 1. The van der Waals surface area contributed by atoms with Gasteiger partial charge in [0.05, 0.1) is 17.7 Å². The average Bonchev–Trinajstić information content (AvgIpc) is 2.71. The topological polar surface area (TPSA) is 81.7 Å². The average molecular weight is 474 g/mol. The number of nitrogens with zero attached hydrogens (tertiary/aromatic N) is 1. The van der Waals surface area contributed by atoms with Crippen molar-refractivity contribution in [3.63, 3.8) is 0 Å². The molecule has 2 amide bonds. The van der Waals surface area contributed by atoms with Crippen LogP contribution in [0.2, 0.25) is 0 Å². The summed E-state index contributed by atoms with van der Waals surface area (Å²) >= 11 is 0. The summed E-state index contributed by atoms with van der Waals surface area (Å²) in [5, 5.41) is 17.1. The molecule has 2 aromatic carbocycles. The fourth-order valence-corrected chi connectivity index (χ4v) is 4.39. The van der Waals surface area contributed by atoms with E-state index in [1.165, 1.54) is 31.5 Å². The Hall–Kier alpha value is -2.84. The fraction of sp³-hybridized carbons (Fsp3) is 0.462. The van der Waals surface area contributed by atoms with Gasteiger partial charge < -0.3 is 20.6 Å². The highest BCUT2D eigenvalue weighted by molar-refractivity contribution is 5.75. The van der Waals surface area contributed by atoms with E-state index in [1.54, 1.807) is 4.90 Å². The smallest absolute Gasteiger partial charge is 0.219 e. The molecular formula is C26H33F2N3O3. The van der Waals surface area contributed by atoms with Crippen LogP contribution in [0.5, 0.6) is 0 Å². The zero-order valence-corrected chi connectivity index (χ0v) is 20.1. The summed E-state index contributed by atoms with van der Waals surface area (Å²) in [4.78, 5) is 25.4. The van der Waals surface area contributed by atoms with E-state index < -0.39 is 29.3 Å². The van der Waals surface area contributed by atoms with Crippen molar-refractivity contribution in [2.45, 2.75) is 57.7 Å². The molecule has 184 valence electrons. The minimum Gasteiger partial charge on any atom is -0.390 e. The van der Waals surface area contributed by atoms with Gasteiger partial charge in [-0.25, -0.2) is 8.78 Å². The van der Waals surface area contributed by atoms with Crippen LogP contribution in [0.15, 0.2) is 42.5 Å². The lowest BCUT2D eigenvalue weighted by molar-refractivity contribution is -0.138. The number of aliphatic hydroxyl groups excluding tert-OH is 1. The van der Waals surface area contributed by atoms with Gasteiger partial charge in [0.2, 0.25) is 11.8 Å². The fourth-order valence-electron chi connectivity index (χ4n) is 4.39. The molecule has 34 heavy (non-hydrogen) atoms. The summed E-state index contributed by atoms with van der Waals surface area (Å²) in [5.74, 6) is -1.48. The number of amides is 2. The summed E-state index contributed by atoms with van der Waals surface area (Å²) in [6, 6.07) is 10.6. The van der Waals surface area contributed by atoms with E-state index in [0.29, 0.717) is 24.6 Å². The van der Waals surface area contributed by atoms with Crippen LogP contribution in [0.4, 0.5) is 8.78 Å². The third-order valence-corrected chi connectivity index (χ3v) is 6.35. The van der Waals surface area contributed by atoms with Crippen molar-refractivity contribution in [2.75, 3.05) is 19.6 Å². The van der Waals surface area contributed by atoms with Crippen LogP contribution in [0.1, 0.15) is 50.3 Å². The van der Waals surface area contributed by atoms with Gasteiger partial charge in [0.25, 0.3) is 0 Å². The van der Waals surface area contributed by atoms with Gasteiger partial charge in [0.15, 0.2) is 0 Å². The van der Waals surface area contributed by atoms with Crippen molar-refractivity contribution >= 4 is 11.8 Å². The molecule has 2 aromatic rings. The molecular weight excluding hydrogens is 440 g/mol. The lowest BCUT2D eigenvalue weighted by atomic mass is 9.80. The minimum absolute atomic E-state index is 0.0257. The van der Waals surface area contributed by atoms with Crippen molar-refractivity contribution in [2.24, 2.45) is 0 Å². The molecule has 1 aliphatic heterocycles. The first-order valence-electron chi connectivity index (χ1n) is 11.5. The van der Waals surface area contributed by atoms with E-state index >= 15 is 0 Å². The lowest BCUT2D eigenvalue weighted by Crippen LogP contribution is -2.69. The van der Waals surface area contributed by atoms with Gasteiger partial charge in [-0.3, -0.25) is 9.59 Å². The quantitative estimate of drug-likeness (QED) is 0.523. The normalized spacial score (nSPS) is 16.6. The Kier molecular flexibility index (Phi) is 8.05. The highest BCUT2D eigenvalue weighted by Crippen LogP contribution is 2.33. The second-order valence-corrected chi connectivity index (χ2v) is 9.47. The number of carbonyl (C=O) groups is 2. The standard InChI is InChI=1S/C26H33F2N3O3/c1-16(2)20-6-5-7-21(11-20)26(14-31(15-26)18(4)33)29-13-25(34)24(30-17(3)32)10-19-8-22(27)12-23(28)9-19/h5-9,11-12,16,24-25,29,34H,10,13-15H2,1-4H3,(H,30,32)/t24-,25-/m0/s1. The third-order valence-electron chi connectivity index (χ3n) is 6.35. The summed E-state index contributed by atoms with van der Waals surface area (Å²) in [5.41, 5.74) is 1.99. The van der Waals surface area contributed by atoms with Gasteiger partial charge in [-0.1, -0.05) is 38.1 Å². The van der Waals surface area contributed by atoms with Crippen LogP contribution in [-0.2, 0) is 21.5 Å². The molecule has 1 saturated heterocycles. The highest BCUT2D eigenvalue weighted by Gasteiger charge is 2.46. The van der Waals surface area contributed by atoms with Gasteiger partial charge in [-0.05, 0) is 41.2 Å². The summed E-state index contributed by atoms with van der Waals surface area (Å²) in [6.45, 7) is 8.09. The largest absolute Gasteiger partial charge is 0.390 e. The summed E-state index contributed by atoms with van der Waals surface area (Å²) in [7, 11) is 0. The van der Waals surface area contributed by atoms with Crippen molar-refractivity contribution in [3.05, 3.63) is 70.8 Å². The lowest BCUT2D eigenvalue weighted by Gasteiger charge is -2.51. The SMILES string of the molecule is CC(=O)N[C@@H](Cc1cc(F)cc(F)c1)[C@@H](O)CNC1(c2cccc(C(C)C)c2)CN(C(C)=O)C1. The van der Waals surface area contributed by atoms with Crippen LogP contribution in [0.3, 0.4) is 0 Å². The Labute approximate surface area is 199 Å². The second-order valence-electron chi connectivity index (χ2n) is 9.47. The van der Waals surface area contributed by atoms with Gasteiger partial charge in [-0.15, -0.1) is 0 Å². The maximum absolute atomic E-state index is 13.6. The predicted octanol–water partition coefficient (Wildman–Crippen LogP) is 2.84. The molecule has 3 rings (SSSR count). The molecule has 0 bridgehead atoms. The van der Waals surface area contributed by atoms with E-state index in [-0.39, 0.29) is 24.8 Å². The van der Waals surface area contributed by atoms with Crippen LogP contribution < -0.4 is 10.6 Å². The highest BCUT2D eigenvalue weighted by atomic mass is 19.1. The Balaban J connectivity index is 1.79. The Bertz CT molecular complexity index is 1020. The van der Waals surface area contributed by atoms with Gasteiger partial charge in [-0.2, -0.15) is 0 Å². The molecule has 6 nitrogen and oxygen atoms in total. The number of nitrogens with one attached hydrogen (secondary N) is 2. The van der Waals surface area contributed by atoms with Crippen LogP contribution in [-0.4, -0.2) is 53.6 Å². The molecule has 0 unspecified atom stereocenters. The Morgan fingerprint density at radius 3 is 2.29 bits per heavy atom. The van der Waals surface area contributed by atoms with Crippen molar-refractivity contribution in [3.8, 4) is 0 Å². The number of benzene rings is 2. The van der Waals surface area contributed by atoms with Gasteiger partial charge >= 0.3 is 0 Å².